The van der Waals surface area contributed by atoms with E-state index < -0.39 is 11.8 Å². The molecule has 1 N–H and O–H groups in total. The molecule has 0 aliphatic carbocycles. The molecule has 33 heavy (non-hydrogen) atoms. The molecule has 0 unspecified atom stereocenters. The van der Waals surface area contributed by atoms with E-state index in [9.17, 15) is 14.0 Å². The zero-order valence-corrected chi connectivity index (χ0v) is 18.7. The van der Waals surface area contributed by atoms with Crippen LogP contribution < -0.4 is 14.9 Å². The molecule has 0 spiro atoms. The molecule has 3 rings (SSSR count). The van der Waals surface area contributed by atoms with Gasteiger partial charge in [0.15, 0.2) is 6.61 Å². The topological polar surface area (TPSA) is 77.0 Å². The van der Waals surface area contributed by atoms with Crippen molar-refractivity contribution in [3.8, 4) is 11.5 Å². The quantitative estimate of drug-likeness (QED) is 0.228. The third-order valence-electron chi connectivity index (χ3n) is 4.70. The van der Waals surface area contributed by atoms with Gasteiger partial charge in [0.05, 0.1) is 11.8 Å². The predicted molar refractivity (Wildman–Crippen MR) is 124 cm³/mol. The summed E-state index contributed by atoms with van der Waals surface area (Å²) in [6, 6.07) is 17.7. The van der Waals surface area contributed by atoms with Crippen LogP contribution in [0.3, 0.4) is 0 Å². The summed E-state index contributed by atoms with van der Waals surface area (Å²) in [7, 11) is 0. The molecular weight excluding hydrogens is 423 g/mol. The summed E-state index contributed by atoms with van der Waals surface area (Å²) in [5.74, 6) is -0.286. The van der Waals surface area contributed by atoms with Gasteiger partial charge in [-0.15, -0.1) is 0 Å². The Balaban J connectivity index is 1.50. The van der Waals surface area contributed by atoms with Crippen LogP contribution in [0.1, 0.15) is 46.8 Å². The van der Waals surface area contributed by atoms with Crippen LogP contribution in [0.2, 0.25) is 0 Å². The summed E-state index contributed by atoms with van der Waals surface area (Å²) >= 11 is 0. The molecule has 0 saturated heterocycles. The lowest BCUT2D eigenvalue weighted by Gasteiger charge is -2.14. The van der Waals surface area contributed by atoms with Gasteiger partial charge in [-0.05, 0) is 78.1 Å². The number of ether oxygens (including phenoxy) is 2. The molecule has 0 atom stereocenters. The second-order valence-corrected chi connectivity index (χ2v) is 7.75. The van der Waals surface area contributed by atoms with E-state index in [0.717, 1.165) is 17.2 Å². The Morgan fingerprint density at radius 1 is 1.06 bits per heavy atom. The lowest BCUT2D eigenvalue weighted by molar-refractivity contribution is -0.123. The largest absolute Gasteiger partial charge is 0.483 e. The van der Waals surface area contributed by atoms with Gasteiger partial charge in [-0.1, -0.05) is 32.0 Å². The van der Waals surface area contributed by atoms with Crippen molar-refractivity contribution in [2.75, 3.05) is 6.61 Å². The zero-order valence-electron chi connectivity index (χ0n) is 18.7. The van der Waals surface area contributed by atoms with Crippen molar-refractivity contribution in [1.82, 2.24) is 5.43 Å². The summed E-state index contributed by atoms with van der Waals surface area (Å²) < 4.78 is 24.1. The van der Waals surface area contributed by atoms with Crippen molar-refractivity contribution in [3.63, 3.8) is 0 Å². The number of nitrogens with zero attached hydrogens (tertiary/aromatic N) is 1. The number of carbonyl (C=O) groups excluding carboxylic acids is 2. The van der Waals surface area contributed by atoms with Gasteiger partial charge in [0.2, 0.25) is 0 Å². The number of hydrazone groups is 1. The van der Waals surface area contributed by atoms with Crippen molar-refractivity contribution in [2.45, 2.75) is 26.7 Å². The van der Waals surface area contributed by atoms with E-state index >= 15 is 0 Å². The molecule has 7 heteroatoms. The van der Waals surface area contributed by atoms with E-state index in [2.05, 4.69) is 24.4 Å². The van der Waals surface area contributed by atoms with Gasteiger partial charge in [0.25, 0.3) is 5.91 Å². The number of rotatable bonds is 8. The second-order valence-electron chi connectivity index (χ2n) is 7.75. The molecule has 0 heterocycles. The molecular formula is C26H25FN2O4. The zero-order chi connectivity index (χ0) is 23.8. The number of hydrogen-bond acceptors (Lipinski definition) is 5. The Labute approximate surface area is 192 Å². The van der Waals surface area contributed by atoms with Crippen LogP contribution in [-0.4, -0.2) is 24.7 Å². The fourth-order valence-corrected chi connectivity index (χ4v) is 3.00. The maximum absolute atomic E-state index is 13.2. The van der Waals surface area contributed by atoms with Crippen LogP contribution in [0.25, 0.3) is 0 Å². The highest BCUT2D eigenvalue weighted by Gasteiger charge is 2.11. The number of hydrogen-bond donors (Lipinski definition) is 1. The number of halogens is 1. The molecule has 0 fully saturated rings. The molecule has 0 aliphatic heterocycles. The summed E-state index contributed by atoms with van der Waals surface area (Å²) in [4.78, 5) is 24.1. The van der Waals surface area contributed by atoms with Crippen LogP contribution in [0.15, 0.2) is 71.8 Å². The first-order chi connectivity index (χ1) is 15.8. The summed E-state index contributed by atoms with van der Waals surface area (Å²) in [6.45, 7) is 5.94. The van der Waals surface area contributed by atoms with Crippen LogP contribution in [0.4, 0.5) is 4.39 Å². The summed E-state index contributed by atoms with van der Waals surface area (Å²) in [5, 5.41) is 3.92. The van der Waals surface area contributed by atoms with Crippen LogP contribution >= 0.6 is 0 Å². The van der Waals surface area contributed by atoms with Gasteiger partial charge in [-0.3, -0.25) is 4.79 Å². The minimum atomic E-state index is -0.655. The maximum Gasteiger partial charge on any atom is 0.343 e. The predicted octanol–water partition coefficient (Wildman–Crippen LogP) is 5.01. The van der Waals surface area contributed by atoms with Crippen LogP contribution in [0, 0.1) is 12.7 Å². The minimum Gasteiger partial charge on any atom is -0.483 e. The Hall–Kier alpha value is -4.00. The van der Waals surface area contributed by atoms with Crippen LogP contribution in [0.5, 0.6) is 11.5 Å². The standard InChI is InChI=1S/C26H25FN2O4/c1-17(2)23-12-7-18(3)13-24(23)32-16-25(30)29-28-15-19-8-10-22(11-9-19)33-26(31)20-5-4-6-21(27)14-20/h4-15,17H,16H2,1-3H3,(H,29,30). The molecule has 0 aromatic heterocycles. The van der Waals surface area contributed by atoms with Crippen LogP contribution in [-0.2, 0) is 4.79 Å². The van der Waals surface area contributed by atoms with Crippen molar-refractivity contribution in [2.24, 2.45) is 5.10 Å². The van der Waals surface area contributed by atoms with E-state index in [-0.39, 0.29) is 24.0 Å². The highest BCUT2D eigenvalue weighted by molar-refractivity contribution is 5.91. The number of amides is 1. The molecule has 0 radical (unpaired) electrons. The Morgan fingerprint density at radius 3 is 2.52 bits per heavy atom. The van der Waals surface area contributed by atoms with E-state index in [1.165, 1.54) is 24.4 Å². The number of nitrogens with one attached hydrogen (secondary N) is 1. The number of aryl methyl sites for hydroxylation is 1. The average Bonchev–Trinajstić information content (AvgIpc) is 2.78. The fourth-order valence-electron chi connectivity index (χ4n) is 3.00. The van der Waals surface area contributed by atoms with Gasteiger partial charge in [0.1, 0.15) is 17.3 Å². The van der Waals surface area contributed by atoms with Gasteiger partial charge < -0.3 is 9.47 Å². The summed E-state index contributed by atoms with van der Waals surface area (Å²) in [5.41, 5.74) is 5.32. The normalized spacial score (nSPS) is 10.9. The van der Waals surface area contributed by atoms with E-state index in [1.807, 2.05) is 25.1 Å². The van der Waals surface area contributed by atoms with Gasteiger partial charge in [0, 0.05) is 0 Å². The van der Waals surface area contributed by atoms with Crippen molar-refractivity contribution < 1.29 is 23.5 Å². The monoisotopic (exact) mass is 448 g/mol. The van der Waals surface area contributed by atoms with E-state index in [1.54, 1.807) is 24.3 Å². The average molecular weight is 448 g/mol. The molecule has 3 aromatic carbocycles. The van der Waals surface area contributed by atoms with Gasteiger partial charge in [-0.25, -0.2) is 14.6 Å². The first-order valence-electron chi connectivity index (χ1n) is 10.4. The van der Waals surface area contributed by atoms with Gasteiger partial charge >= 0.3 is 5.97 Å². The summed E-state index contributed by atoms with van der Waals surface area (Å²) in [6.07, 6.45) is 1.46. The Kier molecular flexibility index (Phi) is 7.91. The first kappa shape index (κ1) is 23.7. The molecule has 3 aromatic rings. The molecule has 6 nitrogen and oxygen atoms in total. The lowest BCUT2D eigenvalue weighted by Crippen LogP contribution is -2.25. The Bertz CT molecular complexity index is 1160. The van der Waals surface area contributed by atoms with Gasteiger partial charge in [-0.2, -0.15) is 5.10 Å². The molecule has 170 valence electrons. The molecule has 0 aliphatic rings. The molecule has 0 saturated carbocycles. The highest BCUT2D eigenvalue weighted by atomic mass is 19.1. The molecule has 1 amide bonds. The smallest absolute Gasteiger partial charge is 0.343 e. The van der Waals surface area contributed by atoms with Crippen molar-refractivity contribution >= 4 is 18.1 Å². The Morgan fingerprint density at radius 2 is 1.82 bits per heavy atom. The second kappa shape index (κ2) is 11.0. The third kappa shape index (κ3) is 7.00. The minimum absolute atomic E-state index is 0.122. The first-order valence-corrected chi connectivity index (χ1v) is 10.4. The maximum atomic E-state index is 13.2. The fraction of sp³-hybridized carbons (Fsp3) is 0.192. The van der Waals surface area contributed by atoms with E-state index in [4.69, 9.17) is 9.47 Å². The SMILES string of the molecule is Cc1ccc(C(C)C)c(OCC(=O)NN=Cc2ccc(OC(=O)c3cccc(F)c3)cc2)c1. The van der Waals surface area contributed by atoms with Crippen molar-refractivity contribution in [3.05, 3.63) is 94.8 Å². The van der Waals surface area contributed by atoms with E-state index in [0.29, 0.717) is 17.1 Å². The number of esters is 1. The highest BCUT2D eigenvalue weighted by Crippen LogP contribution is 2.27. The third-order valence-corrected chi connectivity index (χ3v) is 4.70. The molecule has 0 bridgehead atoms. The number of benzene rings is 3. The number of carbonyl (C=O) groups is 2. The van der Waals surface area contributed by atoms with Crippen molar-refractivity contribution in [1.29, 1.82) is 0 Å². The lowest BCUT2D eigenvalue weighted by atomic mass is 10.0.